The number of nitrogens with one attached hydrogen (secondary N) is 1. The van der Waals surface area contributed by atoms with Crippen LogP contribution < -0.4 is 5.32 Å². The highest BCUT2D eigenvalue weighted by Gasteiger charge is 2.11. The lowest BCUT2D eigenvalue weighted by atomic mass is 10.1. The maximum Gasteiger partial charge on any atom is 0.337 e. The number of carbonyl (C=O) groups is 2. The molecule has 0 aliphatic rings. The summed E-state index contributed by atoms with van der Waals surface area (Å²) in [5, 5.41) is 11.7. The van der Waals surface area contributed by atoms with Crippen LogP contribution in [0.4, 0.5) is 5.69 Å². The number of aromatic nitrogens is 1. The Morgan fingerprint density at radius 2 is 1.80 bits per heavy atom. The Labute approximate surface area is 116 Å². The minimum Gasteiger partial charge on any atom is -0.478 e. The van der Waals surface area contributed by atoms with E-state index in [1.165, 1.54) is 6.07 Å². The number of para-hydroxylation sites is 1. The number of carbonyl (C=O) groups excluding carboxylic acids is 1. The van der Waals surface area contributed by atoms with E-state index in [-0.39, 0.29) is 17.9 Å². The molecule has 0 bridgehead atoms. The van der Waals surface area contributed by atoms with Crippen LogP contribution in [0.2, 0.25) is 0 Å². The van der Waals surface area contributed by atoms with Gasteiger partial charge in [-0.2, -0.15) is 0 Å². The molecule has 0 saturated heterocycles. The summed E-state index contributed by atoms with van der Waals surface area (Å²) in [6, 6.07) is 10.0. The van der Waals surface area contributed by atoms with Crippen molar-refractivity contribution in [3.8, 4) is 0 Å². The SMILES string of the molecule is O=C(CCc1ccncc1)Nc1ccccc1C(=O)O. The lowest BCUT2D eigenvalue weighted by molar-refractivity contribution is -0.116. The van der Waals surface area contributed by atoms with E-state index in [0.29, 0.717) is 12.1 Å². The summed E-state index contributed by atoms with van der Waals surface area (Å²) in [4.78, 5) is 26.8. The first kappa shape index (κ1) is 13.7. The first-order valence-electron chi connectivity index (χ1n) is 6.18. The van der Waals surface area contributed by atoms with Crippen LogP contribution in [-0.2, 0) is 11.2 Å². The highest BCUT2D eigenvalue weighted by Crippen LogP contribution is 2.15. The third kappa shape index (κ3) is 3.65. The number of hydrogen-bond donors (Lipinski definition) is 2. The van der Waals surface area contributed by atoms with Gasteiger partial charge in [0, 0.05) is 18.8 Å². The van der Waals surface area contributed by atoms with Crippen molar-refractivity contribution >= 4 is 17.6 Å². The Balaban J connectivity index is 1.97. The van der Waals surface area contributed by atoms with E-state index in [1.807, 2.05) is 12.1 Å². The molecule has 0 radical (unpaired) electrons. The molecule has 1 heterocycles. The summed E-state index contributed by atoms with van der Waals surface area (Å²) >= 11 is 0. The van der Waals surface area contributed by atoms with Gasteiger partial charge in [-0.1, -0.05) is 12.1 Å². The third-order valence-corrected chi connectivity index (χ3v) is 2.82. The average Bonchev–Trinajstić information content (AvgIpc) is 2.46. The van der Waals surface area contributed by atoms with Crippen molar-refractivity contribution < 1.29 is 14.7 Å². The van der Waals surface area contributed by atoms with E-state index in [0.717, 1.165) is 5.56 Å². The second-order valence-corrected chi connectivity index (χ2v) is 4.25. The fraction of sp³-hybridized carbons (Fsp3) is 0.133. The Morgan fingerprint density at radius 3 is 2.50 bits per heavy atom. The van der Waals surface area contributed by atoms with E-state index in [1.54, 1.807) is 30.6 Å². The number of pyridine rings is 1. The fourth-order valence-corrected chi connectivity index (χ4v) is 1.80. The summed E-state index contributed by atoms with van der Waals surface area (Å²) in [6.07, 6.45) is 4.22. The Morgan fingerprint density at radius 1 is 1.10 bits per heavy atom. The number of anilines is 1. The summed E-state index contributed by atoms with van der Waals surface area (Å²) in [7, 11) is 0. The number of hydrogen-bond acceptors (Lipinski definition) is 3. The molecule has 0 aliphatic carbocycles. The first-order valence-corrected chi connectivity index (χ1v) is 6.18. The molecular formula is C15H14N2O3. The lowest BCUT2D eigenvalue weighted by Crippen LogP contribution is -2.15. The van der Waals surface area contributed by atoms with E-state index >= 15 is 0 Å². The van der Waals surface area contributed by atoms with E-state index in [2.05, 4.69) is 10.3 Å². The van der Waals surface area contributed by atoms with Crippen LogP contribution in [0.5, 0.6) is 0 Å². The van der Waals surface area contributed by atoms with Gasteiger partial charge >= 0.3 is 5.97 Å². The molecule has 2 rings (SSSR count). The molecule has 0 saturated carbocycles. The molecule has 20 heavy (non-hydrogen) atoms. The molecule has 2 aromatic rings. The van der Waals surface area contributed by atoms with Crippen molar-refractivity contribution in [1.82, 2.24) is 4.98 Å². The average molecular weight is 270 g/mol. The molecule has 0 unspecified atom stereocenters. The predicted molar refractivity (Wildman–Crippen MR) is 74.6 cm³/mol. The van der Waals surface area contributed by atoms with Gasteiger partial charge in [-0.15, -0.1) is 0 Å². The second-order valence-electron chi connectivity index (χ2n) is 4.25. The van der Waals surface area contributed by atoms with E-state index < -0.39 is 5.97 Å². The number of rotatable bonds is 5. The molecule has 0 fully saturated rings. The standard InChI is InChI=1S/C15H14N2O3/c18-14(6-5-11-7-9-16-10-8-11)17-13-4-2-1-3-12(13)15(19)20/h1-4,7-10H,5-6H2,(H,17,18)(H,19,20). The van der Waals surface area contributed by atoms with Gasteiger partial charge in [0.1, 0.15) is 0 Å². The molecule has 5 nitrogen and oxygen atoms in total. The number of carboxylic acid groups (broad SMARTS) is 1. The van der Waals surface area contributed by atoms with E-state index in [9.17, 15) is 9.59 Å². The molecule has 2 N–H and O–H groups in total. The number of benzene rings is 1. The second kappa shape index (κ2) is 6.47. The summed E-state index contributed by atoms with van der Waals surface area (Å²) in [6.45, 7) is 0. The highest BCUT2D eigenvalue weighted by molar-refractivity contribution is 6.00. The van der Waals surface area contributed by atoms with Gasteiger partial charge in [0.15, 0.2) is 0 Å². The van der Waals surface area contributed by atoms with Crippen LogP contribution in [0.3, 0.4) is 0 Å². The summed E-state index contributed by atoms with van der Waals surface area (Å²) in [5.74, 6) is -1.27. The molecule has 0 aliphatic heterocycles. The van der Waals surface area contributed by atoms with Crippen LogP contribution in [0.15, 0.2) is 48.8 Å². The molecule has 102 valence electrons. The van der Waals surface area contributed by atoms with Crippen molar-refractivity contribution in [2.45, 2.75) is 12.8 Å². The Hall–Kier alpha value is -2.69. The molecule has 0 spiro atoms. The van der Waals surface area contributed by atoms with Crippen molar-refractivity contribution in [1.29, 1.82) is 0 Å². The topological polar surface area (TPSA) is 79.3 Å². The number of nitrogens with zero attached hydrogens (tertiary/aromatic N) is 1. The Bertz CT molecular complexity index is 612. The van der Waals surface area contributed by atoms with Gasteiger partial charge in [0.05, 0.1) is 11.3 Å². The summed E-state index contributed by atoms with van der Waals surface area (Å²) in [5.41, 5.74) is 1.42. The monoisotopic (exact) mass is 270 g/mol. The number of amides is 1. The number of aryl methyl sites for hydroxylation is 1. The molecular weight excluding hydrogens is 256 g/mol. The maximum atomic E-state index is 11.8. The van der Waals surface area contributed by atoms with Gasteiger partial charge in [-0.3, -0.25) is 9.78 Å². The van der Waals surface area contributed by atoms with Gasteiger partial charge in [0.2, 0.25) is 5.91 Å². The zero-order valence-electron chi connectivity index (χ0n) is 10.7. The fourth-order valence-electron chi connectivity index (χ4n) is 1.80. The zero-order chi connectivity index (χ0) is 14.4. The van der Waals surface area contributed by atoms with Gasteiger partial charge in [-0.05, 0) is 36.2 Å². The highest BCUT2D eigenvalue weighted by atomic mass is 16.4. The predicted octanol–water partition coefficient (Wildman–Crippen LogP) is 2.35. The minimum absolute atomic E-state index is 0.0877. The smallest absolute Gasteiger partial charge is 0.337 e. The largest absolute Gasteiger partial charge is 0.478 e. The van der Waals surface area contributed by atoms with Gasteiger partial charge < -0.3 is 10.4 Å². The minimum atomic E-state index is -1.06. The van der Waals surface area contributed by atoms with Crippen LogP contribution in [0, 0.1) is 0 Å². The number of aromatic carboxylic acids is 1. The van der Waals surface area contributed by atoms with Crippen molar-refractivity contribution in [3.05, 3.63) is 59.9 Å². The van der Waals surface area contributed by atoms with Crippen LogP contribution >= 0.6 is 0 Å². The zero-order valence-corrected chi connectivity index (χ0v) is 10.7. The molecule has 1 amide bonds. The van der Waals surface area contributed by atoms with Crippen molar-refractivity contribution in [3.63, 3.8) is 0 Å². The van der Waals surface area contributed by atoms with Crippen LogP contribution in [0.1, 0.15) is 22.3 Å². The quantitative estimate of drug-likeness (QED) is 0.874. The van der Waals surface area contributed by atoms with E-state index in [4.69, 9.17) is 5.11 Å². The Kier molecular flexibility index (Phi) is 4.44. The summed E-state index contributed by atoms with van der Waals surface area (Å²) < 4.78 is 0. The molecule has 5 heteroatoms. The van der Waals surface area contributed by atoms with Crippen LogP contribution in [-0.4, -0.2) is 22.0 Å². The first-order chi connectivity index (χ1) is 9.66. The molecule has 1 aromatic carbocycles. The van der Waals surface area contributed by atoms with Gasteiger partial charge in [-0.25, -0.2) is 4.79 Å². The van der Waals surface area contributed by atoms with Crippen molar-refractivity contribution in [2.75, 3.05) is 5.32 Å². The van der Waals surface area contributed by atoms with Gasteiger partial charge in [0.25, 0.3) is 0 Å². The number of carboxylic acids is 1. The van der Waals surface area contributed by atoms with Crippen molar-refractivity contribution in [2.24, 2.45) is 0 Å². The maximum absolute atomic E-state index is 11.8. The molecule has 1 aromatic heterocycles. The van der Waals surface area contributed by atoms with Crippen LogP contribution in [0.25, 0.3) is 0 Å². The normalized spacial score (nSPS) is 10.0. The lowest BCUT2D eigenvalue weighted by Gasteiger charge is -2.08. The molecule has 0 atom stereocenters. The third-order valence-electron chi connectivity index (χ3n) is 2.82.